The zero-order valence-corrected chi connectivity index (χ0v) is 21.9. The first kappa shape index (κ1) is 24.8. The van der Waals surface area contributed by atoms with Crippen LogP contribution in [0.15, 0.2) is 41.6 Å². The van der Waals surface area contributed by atoms with Crippen LogP contribution in [0.1, 0.15) is 42.4 Å². The summed E-state index contributed by atoms with van der Waals surface area (Å²) < 4.78 is 6.80. The molecule has 174 valence electrons. The second-order valence-corrected chi connectivity index (χ2v) is 15.9. The van der Waals surface area contributed by atoms with E-state index in [1.807, 2.05) is 24.3 Å². The van der Waals surface area contributed by atoms with Gasteiger partial charge in [0, 0.05) is 18.7 Å². The quantitative estimate of drug-likeness (QED) is 0.344. The fraction of sp³-hybridized carbons (Fsp3) is 0.478. The Bertz CT molecular complexity index is 954. The van der Waals surface area contributed by atoms with E-state index in [-0.39, 0.29) is 17.0 Å². The number of carbonyl (C=O) groups excluding carboxylic acids is 1. The molecule has 32 heavy (non-hydrogen) atoms. The summed E-state index contributed by atoms with van der Waals surface area (Å²) in [6.45, 7) is 13.1. The number of oxime groups is 1. The van der Waals surface area contributed by atoms with Crippen molar-refractivity contribution in [1.82, 2.24) is 5.32 Å². The van der Waals surface area contributed by atoms with Crippen LogP contribution in [0, 0.1) is 0 Å². The highest BCUT2D eigenvalue weighted by Crippen LogP contribution is 2.36. The zero-order valence-electron chi connectivity index (χ0n) is 19.3. The summed E-state index contributed by atoms with van der Waals surface area (Å²) in [5.74, 6) is -0.146. The van der Waals surface area contributed by atoms with E-state index in [0.717, 1.165) is 23.5 Å². The number of hydrogen-bond donors (Lipinski definition) is 2. The van der Waals surface area contributed by atoms with Gasteiger partial charge in [0.25, 0.3) is 5.91 Å². The molecule has 9 heteroatoms. The molecule has 2 N–H and O–H groups in total. The van der Waals surface area contributed by atoms with Gasteiger partial charge < -0.3 is 19.9 Å². The van der Waals surface area contributed by atoms with Crippen LogP contribution in [0.2, 0.25) is 22.5 Å². The lowest BCUT2D eigenvalue weighted by Crippen LogP contribution is -2.41. The fourth-order valence-electron chi connectivity index (χ4n) is 2.94. The second kappa shape index (κ2) is 10.4. The number of anilines is 1. The first-order valence-electron chi connectivity index (χ1n) is 10.8. The summed E-state index contributed by atoms with van der Waals surface area (Å²) in [7, 11) is -1.71. The van der Waals surface area contributed by atoms with Crippen LogP contribution in [-0.2, 0) is 9.26 Å². The second-order valence-electron chi connectivity index (χ2n) is 9.40. The molecule has 0 radical (unpaired) electrons. The molecule has 0 bridgehead atoms. The molecule has 2 aromatic rings. The van der Waals surface area contributed by atoms with Crippen molar-refractivity contribution in [3.05, 3.63) is 51.2 Å². The number of hydrogen-bond acceptors (Lipinski definition) is 6. The normalized spacial score (nSPS) is 16.4. The van der Waals surface area contributed by atoms with Crippen LogP contribution in [0.3, 0.4) is 0 Å². The van der Waals surface area contributed by atoms with E-state index in [9.17, 15) is 4.79 Å². The van der Waals surface area contributed by atoms with Crippen LogP contribution in [-0.4, -0.2) is 45.7 Å². The molecular formula is C23H32ClN3O3SSi. The molecule has 0 aliphatic carbocycles. The van der Waals surface area contributed by atoms with Crippen molar-refractivity contribution >= 4 is 48.6 Å². The van der Waals surface area contributed by atoms with Crippen LogP contribution < -0.4 is 10.6 Å². The van der Waals surface area contributed by atoms with E-state index in [4.69, 9.17) is 20.9 Å². The van der Waals surface area contributed by atoms with Gasteiger partial charge in [-0.3, -0.25) is 4.79 Å². The lowest BCUT2D eigenvalue weighted by atomic mass is 10.0. The Morgan fingerprint density at radius 2 is 1.97 bits per heavy atom. The lowest BCUT2D eigenvalue weighted by Gasteiger charge is -2.36. The summed E-state index contributed by atoms with van der Waals surface area (Å²) in [6, 6.07) is 11.6. The van der Waals surface area contributed by atoms with Gasteiger partial charge in [-0.2, -0.15) is 0 Å². The van der Waals surface area contributed by atoms with Crippen molar-refractivity contribution in [2.24, 2.45) is 5.16 Å². The van der Waals surface area contributed by atoms with Gasteiger partial charge in [0.05, 0.1) is 28.1 Å². The molecule has 3 rings (SSSR count). The van der Waals surface area contributed by atoms with E-state index >= 15 is 0 Å². The molecule has 0 saturated carbocycles. The number of carbonyl (C=O) groups is 1. The topological polar surface area (TPSA) is 71.9 Å². The van der Waals surface area contributed by atoms with Crippen molar-refractivity contribution in [1.29, 1.82) is 0 Å². The maximum atomic E-state index is 12.1. The minimum Gasteiger partial charge on any atom is -0.415 e. The molecule has 2 heterocycles. The van der Waals surface area contributed by atoms with Gasteiger partial charge in [0.15, 0.2) is 8.32 Å². The van der Waals surface area contributed by atoms with E-state index in [0.29, 0.717) is 28.8 Å². The first-order chi connectivity index (χ1) is 15.0. The zero-order chi connectivity index (χ0) is 23.4. The molecule has 1 atom stereocenters. The van der Waals surface area contributed by atoms with Gasteiger partial charge in [-0.1, -0.05) is 49.7 Å². The Morgan fingerprint density at radius 3 is 2.59 bits per heavy atom. The largest absolute Gasteiger partial charge is 0.415 e. The third kappa shape index (κ3) is 6.57. The summed E-state index contributed by atoms with van der Waals surface area (Å²) in [5, 5.41) is 10.7. The van der Waals surface area contributed by atoms with Gasteiger partial charge in [0.1, 0.15) is 6.10 Å². The highest BCUT2D eigenvalue weighted by atomic mass is 35.5. The number of thiophene rings is 1. The van der Waals surface area contributed by atoms with Crippen LogP contribution in [0.25, 0.3) is 0 Å². The summed E-state index contributed by atoms with van der Waals surface area (Å²) in [4.78, 5) is 18.2. The van der Waals surface area contributed by atoms with Crippen molar-refractivity contribution in [2.75, 3.05) is 25.0 Å². The molecular weight excluding hydrogens is 462 g/mol. The molecule has 1 aliphatic heterocycles. The van der Waals surface area contributed by atoms with E-state index in [1.165, 1.54) is 11.3 Å². The maximum Gasteiger partial charge on any atom is 0.261 e. The van der Waals surface area contributed by atoms with Crippen molar-refractivity contribution in [2.45, 2.75) is 51.4 Å². The summed E-state index contributed by atoms with van der Waals surface area (Å²) in [6.07, 6.45) is 0.480. The van der Waals surface area contributed by atoms with Crippen LogP contribution in [0.5, 0.6) is 0 Å². The Morgan fingerprint density at radius 1 is 1.25 bits per heavy atom. The SMILES string of the molecule is CC(C)(C)[Si](C)(C)OCCNc1ccc(C2=NOC(CNC(=O)c3ccc(Cl)s3)C2)cc1. The van der Waals surface area contributed by atoms with E-state index in [1.54, 1.807) is 12.1 Å². The molecule has 1 aromatic heterocycles. The minimum absolute atomic E-state index is 0.146. The molecule has 1 aromatic carbocycles. The molecule has 0 saturated heterocycles. The predicted octanol–water partition coefficient (Wildman–Crippen LogP) is 5.76. The molecule has 0 spiro atoms. The highest BCUT2D eigenvalue weighted by Gasteiger charge is 2.36. The number of amides is 1. The smallest absolute Gasteiger partial charge is 0.261 e. The van der Waals surface area contributed by atoms with E-state index in [2.05, 4.69) is 49.7 Å². The lowest BCUT2D eigenvalue weighted by molar-refractivity contribution is 0.0755. The fourth-order valence-corrected chi connectivity index (χ4v) is 4.94. The van der Waals surface area contributed by atoms with Crippen LogP contribution in [0.4, 0.5) is 5.69 Å². The average molecular weight is 494 g/mol. The van der Waals surface area contributed by atoms with Gasteiger partial charge in [0.2, 0.25) is 0 Å². The minimum atomic E-state index is -1.71. The van der Waals surface area contributed by atoms with Crippen molar-refractivity contribution in [3.63, 3.8) is 0 Å². The molecule has 1 aliphatic rings. The number of nitrogens with zero attached hydrogens (tertiary/aromatic N) is 1. The first-order valence-corrected chi connectivity index (χ1v) is 14.9. The number of halogens is 1. The summed E-state index contributed by atoms with van der Waals surface area (Å²) in [5.41, 5.74) is 2.95. The maximum absolute atomic E-state index is 12.1. The summed E-state index contributed by atoms with van der Waals surface area (Å²) >= 11 is 7.14. The van der Waals surface area contributed by atoms with Gasteiger partial charge in [-0.05, 0) is 48.0 Å². The average Bonchev–Trinajstić information content (AvgIpc) is 3.38. The molecule has 1 unspecified atom stereocenters. The van der Waals surface area contributed by atoms with Crippen LogP contribution >= 0.6 is 22.9 Å². The molecule has 1 amide bonds. The standard InChI is InChI=1S/C23H32ClN3O3SSi/c1-23(2,3)32(4,5)29-13-12-25-17-8-6-16(7-9-17)19-14-18(30-27-19)15-26-22(28)20-10-11-21(24)31-20/h6-11,18,25H,12-15H2,1-5H3,(H,26,28). The third-order valence-electron chi connectivity index (χ3n) is 5.94. The van der Waals surface area contributed by atoms with Crippen molar-refractivity contribution < 1.29 is 14.1 Å². The van der Waals surface area contributed by atoms with E-state index < -0.39 is 8.32 Å². The number of benzene rings is 1. The number of nitrogens with one attached hydrogen (secondary N) is 2. The predicted molar refractivity (Wildman–Crippen MR) is 136 cm³/mol. The third-order valence-corrected chi connectivity index (χ3v) is 11.7. The highest BCUT2D eigenvalue weighted by molar-refractivity contribution is 7.18. The Balaban J connectivity index is 1.41. The Hall–Kier alpha value is -1.87. The monoisotopic (exact) mass is 493 g/mol. The Kier molecular flexibility index (Phi) is 8.03. The van der Waals surface area contributed by atoms with Gasteiger partial charge >= 0.3 is 0 Å². The Labute approximate surface area is 200 Å². The van der Waals surface area contributed by atoms with Crippen molar-refractivity contribution in [3.8, 4) is 0 Å². The molecule has 6 nitrogen and oxygen atoms in total. The van der Waals surface area contributed by atoms with Gasteiger partial charge in [-0.25, -0.2) is 0 Å². The molecule has 0 fully saturated rings. The van der Waals surface area contributed by atoms with Gasteiger partial charge in [-0.15, -0.1) is 11.3 Å². The number of rotatable bonds is 9.